The molecule has 0 aliphatic rings. The zero-order valence-corrected chi connectivity index (χ0v) is 16.1. The molecule has 0 unspecified atom stereocenters. The van der Waals surface area contributed by atoms with Gasteiger partial charge in [-0.25, -0.2) is 9.67 Å². The van der Waals surface area contributed by atoms with E-state index >= 15 is 0 Å². The van der Waals surface area contributed by atoms with E-state index in [2.05, 4.69) is 25.6 Å². The van der Waals surface area contributed by atoms with E-state index in [0.717, 1.165) is 22.7 Å². The van der Waals surface area contributed by atoms with Gasteiger partial charge in [0.05, 0.1) is 25.0 Å². The van der Waals surface area contributed by atoms with Crippen molar-refractivity contribution in [2.24, 2.45) is 0 Å². The van der Waals surface area contributed by atoms with Crippen LogP contribution in [0.3, 0.4) is 0 Å². The third-order valence-corrected chi connectivity index (χ3v) is 4.38. The summed E-state index contributed by atoms with van der Waals surface area (Å²) in [4.78, 5) is 16.9. The SMILES string of the molecule is COc1ccc(-c2cc(C(=O)NCc3n[nH]c(C)n3)nn2-c2ccccc2)cc1. The molecule has 2 aromatic heterocycles. The summed E-state index contributed by atoms with van der Waals surface area (Å²) in [6, 6.07) is 19.1. The minimum atomic E-state index is -0.295. The number of carbonyl (C=O) groups excluding carboxylic acids is 1. The van der Waals surface area contributed by atoms with Crippen LogP contribution >= 0.6 is 0 Å². The van der Waals surface area contributed by atoms with Crippen molar-refractivity contribution in [2.75, 3.05) is 7.11 Å². The summed E-state index contributed by atoms with van der Waals surface area (Å²) in [5.41, 5.74) is 2.90. The van der Waals surface area contributed by atoms with Gasteiger partial charge in [-0.2, -0.15) is 10.2 Å². The van der Waals surface area contributed by atoms with Gasteiger partial charge in [0.1, 0.15) is 11.6 Å². The zero-order chi connectivity index (χ0) is 20.2. The van der Waals surface area contributed by atoms with Crippen LogP contribution in [0.4, 0.5) is 0 Å². The van der Waals surface area contributed by atoms with Gasteiger partial charge in [0, 0.05) is 5.56 Å². The Morgan fingerprint density at radius 2 is 1.90 bits per heavy atom. The lowest BCUT2D eigenvalue weighted by atomic mass is 10.1. The molecule has 2 N–H and O–H groups in total. The molecule has 4 rings (SSSR count). The number of nitrogens with zero attached hydrogens (tertiary/aromatic N) is 4. The van der Waals surface area contributed by atoms with E-state index in [9.17, 15) is 4.79 Å². The lowest BCUT2D eigenvalue weighted by Gasteiger charge is -2.08. The van der Waals surface area contributed by atoms with Crippen LogP contribution in [0.25, 0.3) is 16.9 Å². The number of nitrogens with one attached hydrogen (secondary N) is 2. The quantitative estimate of drug-likeness (QED) is 0.529. The number of para-hydroxylation sites is 1. The molecule has 29 heavy (non-hydrogen) atoms. The van der Waals surface area contributed by atoms with Crippen LogP contribution in [0.5, 0.6) is 5.75 Å². The molecule has 0 atom stereocenters. The van der Waals surface area contributed by atoms with Crippen LogP contribution < -0.4 is 10.1 Å². The summed E-state index contributed by atoms with van der Waals surface area (Å²) < 4.78 is 7.00. The summed E-state index contributed by atoms with van der Waals surface area (Å²) >= 11 is 0. The number of rotatable bonds is 6. The van der Waals surface area contributed by atoms with Crippen molar-refractivity contribution in [1.82, 2.24) is 30.3 Å². The van der Waals surface area contributed by atoms with Crippen molar-refractivity contribution in [1.29, 1.82) is 0 Å². The number of benzene rings is 2. The highest BCUT2D eigenvalue weighted by Gasteiger charge is 2.17. The smallest absolute Gasteiger partial charge is 0.272 e. The summed E-state index contributed by atoms with van der Waals surface area (Å²) in [5, 5.41) is 14.1. The van der Waals surface area contributed by atoms with Crippen molar-refractivity contribution >= 4 is 5.91 Å². The van der Waals surface area contributed by atoms with Crippen molar-refractivity contribution in [3.8, 4) is 22.7 Å². The molecule has 2 aromatic carbocycles. The zero-order valence-electron chi connectivity index (χ0n) is 16.1. The Kier molecular flexibility index (Phi) is 5.07. The number of ether oxygens (including phenoxy) is 1. The monoisotopic (exact) mass is 388 g/mol. The van der Waals surface area contributed by atoms with Crippen LogP contribution in [0.1, 0.15) is 22.1 Å². The van der Waals surface area contributed by atoms with Gasteiger partial charge in [-0.1, -0.05) is 18.2 Å². The second-order valence-corrected chi connectivity index (χ2v) is 6.41. The molecule has 0 saturated heterocycles. The van der Waals surface area contributed by atoms with Crippen LogP contribution in [-0.4, -0.2) is 38.0 Å². The Labute approximate surface area is 167 Å². The topological polar surface area (TPSA) is 97.7 Å². The van der Waals surface area contributed by atoms with E-state index in [-0.39, 0.29) is 12.5 Å². The standard InChI is InChI=1S/C21H20N6O2/c1-14-23-20(25-24-14)13-22-21(28)18-12-19(15-8-10-17(29-2)11-9-15)27(26-18)16-6-4-3-5-7-16/h3-12H,13H2,1-2H3,(H,22,28)(H,23,24,25). The molecule has 8 nitrogen and oxygen atoms in total. The van der Waals surface area contributed by atoms with Crippen molar-refractivity contribution < 1.29 is 9.53 Å². The predicted octanol–water partition coefficient (Wildman–Crippen LogP) is 2.90. The average molecular weight is 388 g/mol. The Morgan fingerprint density at radius 3 is 2.55 bits per heavy atom. The molecule has 0 fully saturated rings. The molecule has 0 aliphatic heterocycles. The number of H-pyrrole nitrogens is 1. The van der Waals surface area contributed by atoms with Gasteiger partial charge < -0.3 is 10.1 Å². The molecular weight excluding hydrogens is 368 g/mol. The Bertz CT molecular complexity index is 1120. The van der Waals surface area contributed by atoms with Gasteiger partial charge in [-0.15, -0.1) is 0 Å². The molecule has 0 bridgehead atoms. The molecule has 0 aliphatic carbocycles. The van der Waals surface area contributed by atoms with E-state index in [1.165, 1.54) is 0 Å². The first kappa shape index (κ1) is 18.4. The Hall–Kier alpha value is -3.94. The maximum Gasteiger partial charge on any atom is 0.272 e. The third kappa shape index (κ3) is 4.01. The van der Waals surface area contributed by atoms with E-state index in [4.69, 9.17) is 4.74 Å². The van der Waals surface area contributed by atoms with E-state index in [1.807, 2.05) is 54.6 Å². The van der Waals surface area contributed by atoms with Crippen LogP contribution in [0, 0.1) is 6.92 Å². The van der Waals surface area contributed by atoms with Crippen molar-refractivity contribution in [3.63, 3.8) is 0 Å². The molecule has 0 radical (unpaired) electrons. The molecule has 4 aromatic rings. The van der Waals surface area contributed by atoms with Gasteiger partial charge >= 0.3 is 0 Å². The maximum absolute atomic E-state index is 12.7. The number of methoxy groups -OCH3 is 1. The van der Waals surface area contributed by atoms with Crippen LogP contribution in [0.2, 0.25) is 0 Å². The largest absolute Gasteiger partial charge is 0.497 e. The fourth-order valence-electron chi connectivity index (χ4n) is 2.94. The molecule has 0 saturated carbocycles. The number of amides is 1. The molecule has 8 heteroatoms. The van der Waals surface area contributed by atoms with Gasteiger partial charge in [-0.05, 0) is 49.4 Å². The molecule has 146 valence electrons. The molecule has 1 amide bonds. The number of aryl methyl sites for hydroxylation is 1. The van der Waals surface area contributed by atoms with Crippen LogP contribution in [0.15, 0.2) is 60.7 Å². The van der Waals surface area contributed by atoms with Gasteiger partial charge in [0.25, 0.3) is 5.91 Å². The third-order valence-electron chi connectivity index (χ3n) is 4.38. The fourth-order valence-corrected chi connectivity index (χ4v) is 2.94. The first-order valence-electron chi connectivity index (χ1n) is 9.10. The first-order valence-corrected chi connectivity index (χ1v) is 9.10. The molecule has 0 spiro atoms. The van der Waals surface area contributed by atoms with Gasteiger partial charge in [-0.3, -0.25) is 9.89 Å². The second-order valence-electron chi connectivity index (χ2n) is 6.41. The lowest BCUT2D eigenvalue weighted by Crippen LogP contribution is -2.24. The molecule has 2 heterocycles. The lowest BCUT2D eigenvalue weighted by molar-refractivity contribution is 0.0944. The highest BCUT2D eigenvalue weighted by Crippen LogP contribution is 2.26. The summed E-state index contributed by atoms with van der Waals surface area (Å²) in [6.45, 7) is 2.03. The van der Waals surface area contributed by atoms with E-state index < -0.39 is 0 Å². The average Bonchev–Trinajstić information content (AvgIpc) is 3.39. The number of hydrogen-bond donors (Lipinski definition) is 2. The summed E-state index contributed by atoms with van der Waals surface area (Å²) in [7, 11) is 1.63. The maximum atomic E-state index is 12.7. The summed E-state index contributed by atoms with van der Waals surface area (Å²) in [6.07, 6.45) is 0. The van der Waals surface area contributed by atoms with E-state index in [1.54, 1.807) is 24.8 Å². The Morgan fingerprint density at radius 1 is 1.14 bits per heavy atom. The predicted molar refractivity (Wildman–Crippen MR) is 108 cm³/mol. The van der Waals surface area contributed by atoms with E-state index in [0.29, 0.717) is 17.3 Å². The summed E-state index contributed by atoms with van der Waals surface area (Å²) in [5.74, 6) is 1.69. The van der Waals surface area contributed by atoms with Gasteiger partial charge in [0.2, 0.25) is 0 Å². The van der Waals surface area contributed by atoms with Crippen molar-refractivity contribution in [3.05, 3.63) is 78.0 Å². The number of aromatic amines is 1. The minimum absolute atomic E-state index is 0.221. The fraction of sp³-hybridized carbons (Fsp3) is 0.143. The van der Waals surface area contributed by atoms with Crippen molar-refractivity contribution in [2.45, 2.75) is 13.5 Å². The normalized spacial score (nSPS) is 10.7. The van der Waals surface area contributed by atoms with Gasteiger partial charge in [0.15, 0.2) is 11.5 Å². The highest BCUT2D eigenvalue weighted by atomic mass is 16.5. The number of hydrogen-bond acceptors (Lipinski definition) is 5. The Balaban J connectivity index is 1.66. The molecular formula is C21H20N6O2. The minimum Gasteiger partial charge on any atom is -0.497 e. The second kappa shape index (κ2) is 7.97. The number of aromatic nitrogens is 5. The number of carbonyl (C=O) groups is 1. The first-order chi connectivity index (χ1) is 14.1. The van der Waals surface area contributed by atoms with Crippen LogP contribution in [-0.2, 0) is 6.54 Å². The highest BCUT2D eigenvalue weighted by molar-refractivity contribution is 5.93.